The van der Waals surface area contributed by atoms with Crippen LogP contribution in [-0.4, -0.2) is 49.1 Å². The van der Waals surface area contributed by atoms with Crippen molar-refractivity contribution in [1.29, 1.82) is 0 Å². The SMILES string of the molecule is CCNC(=O)C1CCN(CCCC(=O)OC(C)C)CC1. The van der Waals surface area contributed by atoms with Crippen LogP contribution in [0.2, 0.25) is 0 Å². The number of amides is 1. The number of carbonyl (C=O) groups is 2. The standard InChI is InChI=1S/C15H28N2O3/c1-4-16-15(19)13-7-10-17(11-8-13)9-5-6-14(18)20-12(2)3/h12-13H,4-11H2,1-3H3,(H,16,19). The third kappa shape index (κ3) is 6.37. The largest absolute Gasteiger partial charge is 0.463 e. The third-order valence-corrected chi connectivity index (χ3v) is 3.53. The van der Waals surface area contributed by atoms with E-state index in [1.807, 2.05) is 20.8 Å². The number of esters is 1. The van der Waals surface area contributed by atoms with Crippen molar-refractivity contribution in [2.24, 2.45) is 5.92 Å². The Morgan fingerprint density at radius 1 is 1.30 bits per heavy atom. The summed E-state index contributed by atoms with van der Waals surface area (Å²) in [5.74, 6) is 0.238. The summed E-state index contributed by atoms with van der Waals surface area (Å²) in [7, 11) is 0. The average Bonchev–Trinajstić information content (AvgIpc) is 2.39. The number of rotatable bonds is 7. The molecular weight excluding hydrogens is 256 g/mol. The van der Waals surface area contributed by atoms with Gasteiger partial charge < -0.3 is 15.0 Å². The number of hydrogen-bond acceptors (Lipinski definition) is 4. The Morgan fingerprint density at radius 3 is 2.50 bits per heavy atom. The molecule has 1 heterocycles. The van der Waals surface area contributed by atoms with Gasteiger partial charge in [-0.05, 0) is 59.7 Å². The number of nitrogens with one attached hydrogen (secondary N) is 1. The molecule has 1 aliphatic heterocycles. The molecule has 5 heteroatoms. The maximum atomic E-state index is 11.7. The fourth-order valence-corrected chi connectivity index (χ4v) is 2.51. The highest BCUT2D eigenvalue weighted by molar-refractivity contribution is 5.78. The van der Waals surface area contributed by atoms with E-state index in [9.17, 15) is 9.59 Å². The smallest absolute Gasteiger partial charge is 0.306 e. The second kappa shape index (κ2) is 8.95. The van der Waals surface area contributed by atoms with Crippen LogP contribution in [0.1, 0.15) is 46.5 Å². The van der Waals surface area contributed by atoms with Gasteiger partial charge in [0.2, 0.25) is 5.91 Å². The lowest BCUT2D eigenvalue weighted by atomic mass is 9.96. The van der Waals surface area contributed by atoms with Crippen molar-refractivity contribution in [3.8, 4) is 0 Å². The van der Waals surface area contributed by atoms with Crippen LogP contribution in [0.15, 0.2) is 0 Å². The molecule has 0 spiro atoms. The van der Waals surface area contributed by atoms with Crippen LogP contribution in [0, 0.1) is 5.92 Å². The lowest BCUT2D eigenvalue weighted by Crippen LogP contribution is -2.40. The van der Waals surface area contributed by atoms with E-state index >= 15 is 0 Å². The number of nitrogens with zero attached hydrogens (tertiary/aromatic N) is 1. The summed E-state index contributed by atoms with van der Waals surface area (Å²) >= 11 is 0. The highest BCUT2D eigenvalue weighted by atomic mass is 16.5. The molecule has 0 aromatic carbocycles. The van der Waals surface area contributed by atoms with Gasteiger partial charge in [0.1, 0.15) is 0 Å². The van der Waals surface area contributed by atoms with Gasteiger partial charge in [-0.25, -0.2) is 0 Å². The first-order valence-electron chi connectivity index (χ1n) is 7.72. The Balaban J connectivity index is 2.13. The van der Waals surface area contributed by atoms with Gasteiger partial charge >= 0.3 is 5.97 Å². The summed E-state index contributed by atoms with van der Waals surface area (Å²) in [6.07, 6.45) is 3.12. The number of hydrogen-bond donors (Lipinski definition) is 1. The van der Waals surface area contributed by atoms with Crippen molar-refractivity contribution in [2.45, 2.75) is 52.6 Å². The molecule has 1 rings (SSSR count). The monoisotopic (exact) mass is 284 g/mol. The maximum Gasteiger partial charge on any atom is 0.306 e. The molecule has 0 aromatic rings. The quantitative estimate of drug-likeness (QED) is 0.721. The van der Waals surface area contributed by atoms with Crippen molar-refractivity contribution >= 4 is 11.9 Å². The Morgan fingerprint density at radius 2 is 1.95 bits per heavy atom. The number of carbonyl (C=O) groups excluding carboxylic acids is 2. The molecule has 1 amide bonds. The normalized spacial score (nSPS) is 17.2. The van der Waals surface area contributed by atoms with Crippen molar-refractivity contribution in [3.05, 3.63) is 0 Å². The Kier molecular flexibility index (Phi) is 7.59. The first kappa shape index (κ1) is 17.0. The Hall–Kier alpha value is -1.10. The van der Waals surface area contributed by atoms with E-state index in [0.29, 0.717) is 13.0 Å². The topological polar surface area (TPSA) is 58.6 Å². The summed E-state index contributed by atoms with van der Waals surface area (Å²) in [5, 5.41) is 2.89. The molecule has 1 N–H and O–H groups in total. The van der Waals surface area contributed by atoms with Gasteiger partial charge in [0, 0.05) is 18.9 Å². The predicted octanol–water partition coefficient (Wildman–Crippen LogP) is 1.57. The third-order valence-electron chi connectivity index (χ3n) is 3.53. The minimum absolute atomic E-state index is 0.0321. The van der Waals surface area contributed by atoms with Crippen molar-refractivity contribution in [2.75, 3.05) is 26.2 Å². The molecular formula is C15H28N2O3. The van der Waals surface area contributed by atoms with Gasteiger partial charge in [-0.2, -0.15) is 0 Å². The summed E-state index contributed by atoms with van der Waals surface area (Å²) < 4.78 is 5.10. The van der Waals surface area contributed by atoms with Gasteiger partial charge in [-0.15, -0.1) is 0 Å². The zero-order valence-corrected chi connectivity index (χ0v) is 13.0. The van der Waals surface area contributed by atoms with E-state index in [1.165, 1.54) is 0 Å². The van der Waals surface area contributed by atoms with Gasteiger partial charge in [-0.1, -0.05) is 0 Å². The molecule has 0 radical (unpaired) electrons. The molecule has 0 aromatic heterocycles. The van der Waals surface area contributed by atoms with E-state index in [2.05, 4.69) is 10.2 Å². The van der Waals surface area contributed by atoms with Crippen LogP contribution in [-0.2, 0) is 14.3 Å². The lowest BCUT2D eigenvalue weighted by Gasteiger charge is -2.31. The van der Waals surface area contributed by atoms with Crippen LogP contribution in [0.5, 0.6) is 0 Å². The summed E-state index contributed by atoms with van der Waals surface area (Å²) in [4.78, 5) is 25.5. The van der Waals surface area contributed by atoms with Gasteiger partial charge in [0.15, 0.2) is 0 Å². The maximum absolute atomic E-state index is 11.7. The predicted molar refractivity (Wildman–Crippen MR) is 78.3 cm³/mol. The number of likely N-dealkylation sites (tertiary alicyclic amines) is 1. The number of piperidine rings is 1. The summed E-state index contributed by atoms with van der Waals surface area (Å²) in [6.45, 7) is 9.19. The highest BCUT2D eigenvalue weighted by Gasteiger charge is 2.24. The van der Waals surface area contributed by atoms with E-state index in [-0.39, 0.29) is 23.9 Å². The molecule has 0 bridgehead atoms. The van der Waals surface area contributed by atoms with Crippen LogP contribution in [0.25, 0.3) is 0 Å². The molecule has 0 atom stereocenters. The molecule has 0 aliphatic carbocycles. The second-order valence-corrected chi connectivity index (χ2v) is 5.65. The minimum atomic E-state index is -0.114. The van der Waals surface area contributed by atoms with E-state index < -0.39 is 0 Å². The van der Waals surface area contributed by atoms with Crippen LogP contribution < -0.4 is 5.32 Å². The fourth-order valence-electron chi connectivity index (χ4n) is 2.51. The van der Waals surface area contributed by atoms with Crippen molar-refractivity contribution < 1.29 is 14.3 Å². The molecule has 0 saturated carbocycles. The van der Waals surface area contributed by atoms with Gasteiger partial charge in [0.25, 0.3) is 0 Å². The summed E-state index contributed by atoms with van der Waals surface area (Å²) in [6, 6.07) is 0. The van der Waals surface area contributed by atoms with E-state index in [4.69, 9.17) is 4.74 Å². The summed E-state index contributed by atoms with van der Waals surface area (Å²) in [5.41, 5.74) is 0. The molecule has 116 valence electrons. The van der Waals surface area contributed by atoms with E-state index in [0.717, 1.165) is 38.9 Å². The van der Waals surface area contributed by atoms with Crippen molar-refractivity contribution in [1.82, 2.24) is 10.2 Å². The molecule has 20 heavy (non-hydrogen) atoms. The molecule has 0 unspecified atom stereocenters. The lowest BCUT2D eigenvalue weighted by molar-refractivity contribution is -0.147. The molecule has 1 saturated heterocycles. The Labute approximate surface area is 122 Å². The highest BCUT2D eigenvalue weighted by Crippen LogP contribution is 2.17. The molecule has 1 aliphatic rings. The average molecular weight is 284 g/mol. The van der Waals surface area contributed by atoms with Crippen molar-refractivity contribution in [3.63, 3.8) is 0 Å². The van der Waals surface area contributed by atoms with Gasteiger partial charge in [0.05, 0.1) is 6.10 Å². The number of ether oxygens (including phenoxy) is 1. The second-order valence-electron chi connectivity index (χ2n) is 5.65. The van der Waals surface area contributed by atoms with Crippen LogP contribution >= 0.6 is 0 Å². The van der Waals surface area contributed by atoms with Gasteiger partial charge in [-0.3, -0.25) is 9.59 Å². The zero-order chi connectivity index (χ0) is 15.0. The fraction of sp³-hybridized carbons (Fsp3) is 0.867. The molecule has 5 nitrogen and oxygen atoms in total. The van der Waals surface area contributed by atoms with Crippen LogP contribution in [0.4, 0.5) is 0 Å². The van der Waals surface area contributed by atoms with E-state index in [1.54, 1.807) is 0 Å². The molecule has 1 fully saturated rings. The minimum Gasteiger partial charge on any atom is -0.463 e. The Bertz CT molecular complexity index is 310. The first-order valence-corrected chi connectivity index (χ1v) is 7.72. The van der Waals surface area contributed by atoms with Crippen LogP contribution in [0.3, 0.4) is 0 Å². The zero-order valence-electron chi connectivity index (χ0n) is 13.0. The first-order chi connectivity index (χ1) is 9.52.